The normalized spacial score (nSPS) is 13.9. The van der Waals surface area contributed by atoms with E-state index in [2.05, 4.69) is 20.4 Å². The molecular formula is C42H38F2N4O5. The molecular weight excluding hydrogens is 678 g/mol. The molecule has 9 nitrogen and oxygen atoms in total. The summed E-state index contributed by atoms with van der Waals surface area (Å²) in [5, 5.41) is 13.4. The first-order valence-electron chi connectivity index (χ1n) is 17.2. The number of aldehydes is 1. The van der Waals surface area contributed by atoms with Gasteiger partial charge >= 0.3 is 0 Å². The molecule has 0 spiro atoms. The summed E-state index contributed by atoms with van der Waals surface area (Å²) in [6.45, 7) is 4.94. The Kier molecular flexibility index (Phi) is 11.9. The van der Waals surface area contributed by atoms with Crippen LogP contribution in [0.2, 0.25) is 0 Å². The van der Waals surface area contributed by atoms with Crippen molar-refractivity contribution in [2.45, 2.75) is 44.8 Å². The number of nitrogens with zero attached hydrogens (tertiary/aromatic N) is 2. The Labute approximate surface area is 305 Å². The van der Waals surface area contributed by atoms with Gasteiger partial charge in [-0.05, 0) is 70.5 Å². The second kappa shape index (κ2) is 17.1. The summed E-state index contributed by atoms with van der Waals surface area (Å²) in [4.78, 5) is 36.8. The number of aromatic nitrogens is 4. The van der Waals surface area contributed by atoms with Crippen LogP contribution in [-0.2, 0) is 9.47 Å². The lowest BCUT2D eigenvalue weighted by atomic mass is 9.91. The van der Waals surface area contributed by atoms with Gasteiger partial charge in [0.1, 0.15) is 11.6 Å². The minimum absolute atomic E-state index is 0.0101. The molecule has 53 heavy (non-hydrogen) atoms. The lowest BCUT2D eigenvalue weighted by molar-refractivity contribution is -0.0437. The Morgan fingerprint density at radius 3 is 1.66 bits per heavy atom. The quantitative estimate of drug-likeness (QED) is 0.0956. The van der Waals surface area contributed by atoms with Crippen molar-refractivity contribution in [1.82, 2.24) is 20.4 Å². The van der Waals surface area contributed by atoms with Gasteiger partial charge in [0.2, 0.25) is 0 Å². The largest absolute Gasteiger partial charge is 0.346 e. The van der Waals surface area contributed by atoms with Crippen molar-refractivity contribution < 1.29 is 32.6 Å². The molecule has 1 aliphatic heterocycles. The van der Waals surface area contributed by atoms with E-state index in [1.54, 1.807) is 67.3 Å². The summed E-state index contributed by atoms with van der Waals surface area (Å²) in [7, 11) is 0. The van der Waals surface area contributed by atoms with Gasteiger partial charge in [-0.25, -0.2) is 8.78 Å². The minimum atomic E-state index is -0.493. The van der Waals surface area contributed by atoms with E-state index < -0.39 is 6.29 Å². The van der Waals surface area contributed by atoms with E-state index in [1.807, 2.05) is 32.0 Å². The molecule has 1 aliphatic rings. The van der Waals surface area contributed by atoms with Crippen LogP contribution in [0.4, 0.5) is 8.78 Å². The summed E-state index contributed by atoms with van der Waals surface area (Å²) in [5.41, 5.74) is 7.55. The fourth-order valence-electron chi connectivity index (χ4n) is 6.24. The molecule has 6 aromatic rings. The zero-order chi connectivity index (χ0) is 37.3. The van der Waals surface area contributed by atoms with Crippen LogP contribution >= 0.6 is 0 Å². The number of hydrogen-bond donors (Lipinski definition) is 2. The highest BCUT2D eigenvalue weighted by Crippen LogP contribution is 2.34. The highest BCUT2D eigenvalue weighted by Gasteiger charge is 2.24. The summed E-state index contributed by atoms with van der Waals surface area (Å²) in [6, 6.07) is 23.1. The van der Waals surface area contributed by atoms with Crippen LogP contribution in [0.5, 0.6) is 0 Å². The summed E-state index contributed by atoms with van der Waals surface area (Å²) in [5.74, 6) is -0.662. The van der Waals surface area contributed by atoms with Crippen LogP contribution in [0, 0.1) is 11.6 Å². The summed E-state index contributed by atoms with van der Waals surface area (Å²) in [6.07, 6.45) is 7.71. The standard InChI is InChI=1S/C22H21FN2O3.C20H17FN2O2/c1-14(15-2-5-18(23)6-3-15)10-21(26)16-4-7-19(17-12-24-25-13-17)20(11-16)22-27-8-9-28-22;1-13(14-2-5-18(21)6-3-14)8-20(25)15-4-7-19(16(9-15)12-24)17-10-22-23-11-17/h2-7,11-14,22H,8-10H2,1H3,(H,24,25);2-7,9-13H,8H2,1H3,(H,22,23)/t14-;13-/m00/s1. The van der Waals surface area contributed by atoms with Gasteiger partial charge in [-0.1, -0.05) is 62.4 Å². The Bertz CT molecular complexity index is 2150. The maximum absolute atomic E-state index is 13.1. The van der Waals surface area contributed by atoms with Crippen LogP contribution < -0.4 is 0 Å². The molecule has 4 aromatic carbocycles. The van der Waals surface area contributed by atoms with Gasteiger partial charge in [-0.3, -0.25) is 24.6 Å². The molecule has 3 heterocycles. The topological polar surface area (TPSA) is 127 Å². The van der Waals surface area contributed by atoms with Crippen molar-refractivity contribution in [3.05, 3.63) is 155 Å². The molecule has 7 rings (SSSR count). The number of halogens is 2. The smallest absolute Gasteiger partial charge is 0.184 e. The number of H-pyrrole nitrogens is 2. The van der Waals surface area contributed by atoms with Crippen LogP contribution in [0.1, 0.15) is 92.6 Å². The second-order valence-corrected chi connectivity index (χ2v) is 12.9. The van der Waals surface area contributed by atoms with Crippen LogP contribution in [0.3, 0.4) is 0 Å². The summed E-state index contributed by atoms with van der Waals surface area (Å²) >= 11 is 0. The molecule has 2 aromatic heterocycles. The maximum Gasteiger partial charge on any atom is 0.184 e. The number of aromatic amines is 2. The SMILES string of the molecule is C[C@@H](CC(=O)c1ccc(-c2cn[nH]c2)c(C2OCCO2)c1)c1ccc(F)cc1.C[C@@H](CC(=O)c1ccc(-c2cn[nH]c2)c(C=O)c1)c1ccc(F)cc1. The molecule has 270 valence electrons. The molecule has 1 saturated heterocycles. The number of Topliss-reactive ketones (excluding diaryl/α,β-unsaturated/α-hetero) is 2. The van der Waals surface area contributed by atoms with E-state index in [4.69, 9.17) is 9.47 Å². The lowest BCUT2D eigenvalue weighted by Gasteiger charge is -2.16. The first-order chi connectivity index (χ1) is 25.7. The molecule has 2 atom stereocenters. The number of ether oxygens (including phenoxy) is 2. The predicted molar refractivity (Wildman–Crippen MR) is 196 cm³/mol. The third-order valence-corrected chi connectivity index (χ3v) is 9.23. The highest BCUT2D eigenvalue weighted by atomic mass is 19.1. The van der Waals surface area contributed by atoms with Crippen molar-refractivity contribution in [3.8, 4) is 22.3 Å². The van der Waals surface area contributed by atoms with Crippen molar-refractivity contribution >= 4 is 17.9 Å². The Morgan fingerprint density at radius 2 is 1.19 bits per heavy atom. The van der Waals surface area contributed by atoms with E-state index in [-0.39, 0.29) is 41.5 Å². The van der Waals surface area contributed by atoms with Crippen molar-refractivity contribution in [1.29, 1.82) is 0 Å². The monoisotopic (exact) mass is 716 g/mol. The van der Waals surface area contributed by atoms with Crippen molar-refractivity contribution in [2.24, 2.45) is 0 Å². The van der Waals surface area contributed by atoms with Gasteiger partial charge in [0.25, 0.3) is 0 Å². The number of carbonyl (C=O) groups is 3. The van der Waals surface area contributed by atoms with E-state index in [0.29, 0.717) is 36.3 Å². The first kappa shape index (κ1) is 36.9. The van der Waals surface area contributed by atoms with E-state index in [1.165, 1.54) is 24.3 Å². The number of rotatable bonds is 12. The van der Waals surface area contributed by atoms with Gasteiger partial charge in [0, 0.05) is 58.6 Å². The molecule has 11 heteroatoms. The molecule has 0 saturated carbocycles. The predicted octanol–water partition coefficient (Wildman–Crippen LogP) is 9.04. The first-order valence-corrected chi connectivity index (χ1v) is 17.2. The number of carbonyl (C=O) groups excluding carboxylic acids is 3. The average Bonchev–Trinajstić information content (AvgIpc) is 4.00. The Balaban J connectivity index is 0.000000183. The van der Waals surface area contributed by atoms with E-state index in [9.17, 15) is 23.2 Å². The molecule has 1 fully saturated rings. The molecule has 0 unspecified atom stereocenters. The minimum Gasteiger partial charge on any atom is -0.346 e. The molecule has 0 bridgehead atoms. The average molecular weight is 717 g/mol. The van der Waals surface area contributed by atoms with Crippen LogP contribution in [0.25, 0.3) is 22.3 Å². The maximum atomic E-state index is 13.1. The second-order valence-electron chi connectivity index (χ2n) is 12.9. The van der Waals surface area contributed by atoms with Gasteiger partial charge in [-0.15, -0.1) is 0 Å². The number of ketones is 2. The Hall–Kier alpha value is -5.91. The third-order valence-electron chi connectivity index (χ3n) is 9.23. The fraction of sp³-hybridized carbons (Fsp3) is 0.214. The van der Waals surface area contributed by atoms with Crippen molar-refractivity contribution in [2.75, 3.05) is 13.2 Å². The van der Waals surface area contributed by atoms with E-state index in [0.717, 1.165) is 45.2 Å². The van der Waals surface area contributed by atoms with Crippen molar-refractivity contribution in [3.63, 3.8) is 0 Å². The number of nitrogens with one attached hydrogen (secondary N) is 2. The Morgan fingerprint density at radius 1 is 0.717 bits per heavy atom. The fourth-order valence-corrected chi connectivity index (χ4v) is 6.24. The van der Waals surface area contributed by atoms with Gasteiger partial charge in [0.05, 0.1) is 25.6 Å². The zero-order valence-corrected chi connectivity index (χ0v) is 29.2. The van der Waals surface area contributed by atoms with Crippen LogP contribution in [0.15, 0.2) is 110 Å². The van der Waals surface area contributed by atoms with E-state index >= 15 is 0 Å². The summed E-state index contributed by atoms with van der Waals surface area (Å²) < 4.78 is 37.5. The molecule has 0 aliphatic carbocycles. The van der Waals surface area contributed by atoms with Gasteiger partial charge < -0.3 is 9.47 Å². The lowest BCUT2D eigenvalue weighted by Crippen LogP contribution is -2.08. The number of hydrogen-bond acceptors (Lipinski definition) is 7. The van der Waals surface area contributed by atoms with Gasteiger partial charge in [0.15, 0.2) is 24.1 Å². The van der Waals surface area contributed by atoms with Crippen LogP contribution in [-0.4, -0.2) is 51.5 Å². The van der Waals surface area contributed by atoms with Gasteiger partial charge in [-0.2, -0.15) is 10.2 Å². The third kappa shape index (κ3) is 9.12. The molecule has 0 radical (unpaired) electrons. The molecule has 0 amide bonds. The zero-order valence-electron chi connectivity index (χ0n) is 29.2. The molecule has 2 N–H and O–H groups in total. The highest BCUT2D eigenvalue weighted by molar-refractivity contribution is 6.00. The number of benzene rings is 4.